The van der Waals surface area contributed by atoms with Crippen molar-refractivity contribution in [1.82, 2.24) is 14.8 Å². The number of hydrogen-bond acceptors (Lipinski definition) is 6. The van der Waals surface area contributed by atoms with Crippen LogP contribution in [0, 0.1) is 19.8 Å². The number of aromatic nitrogens is 3. The molecule has 0 unspecified atom stereocenters. The molecular formula is C25H27N5O2S. The van der Waals surface area contributed by atoms with Gasteiger partial charge in [0.2, 0.25) is 5.91 Å². The van der Waals surface area contributed by atoms with E-state index in [1.807, 2.05) is 67.1 Å². The fraction of sp³-hybridized carbons (Fsp3) is 0.320. The van der Waals surface area contributed by atoms with E-state index in [1.165, 1.54) is 0 Å². The number of carbonyl (C=O) groups is 1. The topological polar surface area (TPSA) is 72.3 Å². The van der Waals surface area contributed by atoms with Gasteiger partial charge in [-0.15, -0.1) is 0 Å². The maximum atomic E-state index is 13.1. The maximum absolute atomic E-state index is 13.1. The van der Waals surface area contributed by atoms with E-state index in [2.05, 4.69) is 15.3 Å². The quantitative estimate of drug-likeness (QED) is 0.455. The smallest absolute Gasteiger partial charge is 0.229 e. The first-order chi connectivity index (χ1) is 16.0. The molecule has 2 aromatic heterocycles. The van der Waals surface area contributed by atoms with Gasteiger partial charge in [0.15, 0.2) is 10.8 Å². The molecule has 1 fully saturated rings. The molecule has 0 bridgehead atoms. The summed E-state index contributed by atoms with van der Waals surface area (Å²) in [5, 5.41) is 8.72. The number of hydrogen-bond donors (Lipinski definition) is 1. The minimum absolute atomic E-state index is 0.0244. The van der Waals surface area contributed by atoms with E-state index in [-0.39, 0.29) is 11.8 Å². The summed E-state index contributed by atoms with van der Waals surface area (Å²) >= 11 is 1.65. The summed E-state index contributed by atoms with van der Waals surface area (Å²) in [6, 6.07) is 15.9. The molecule has 2 aromatic carbocycles. The number of piperidine rings is 1. The van der Waals surface area contributed by atoms with E-state index in [0.717, 1.165) is 57.5 Å². The highest BCUT2D eigenvalue weighted by Gasteiger charge is 2.29. The molecular weight excluding hydrogens is 434 g/mol. The van der Waals surface area contributed by atoms with Gasteiger partial charge in [0.25, 0.3) is 0 Å². The number of ether oxygens (including phenoxy) is 1. The predicted octanol–water partition coefficient (Wildman–Crippen LogP) is 4.96. The van der Waals surface area contributed by atoms with Gasteiger partial charge in [0, 0.05) is 13.1 Å². The number of nitrogens with zero attached hydrogens (tertiary/aromatic N) is 4. The molecule has 1 atom stereocenters. The van der Waals surface area contributed by atoms with Crippen molar-refractivity contribution < 1.29 is 9.53 Å². The molecule has 1 aliphatic heterocycles. The van der Waals surface area contributed by atoms with Crippen LogP contribution in [0.4, 0.5) is 10.8 Å². The van der Waals surface area contributed by atoms with E-state index in [4.69, 9.17) is 9.72 Å². The van der Waals surface area contributed by atoms with Crippen LogP contribution in [0.5, 0.6) is 5.75 Å². The standard InChI is InChI=1S/C25H27N5O2S/c1-16-11-12-21(32-3)20(14-16)26-24(31)18-8-7-13-29(15-18)25-27-23-22(33-25)17(2)28-30(23)19-9-5-4-6-10-19/h4-6,9-12,14,18H,7-8,13,15H2,1-3H3,(H,26,31)/t18-/m0/s1. The van der Waals surface area contributed by atoms with Crippen LogP contribution >= 0.6 is 11.3 Å². The van der Waals surface area contributed by atoms with Crippen LogP contribution in [-0.4, -0.2) is 40.9 Å². The molecule has 1 aliphatic rings. The van der Waals surface area contributed by atoms with Gasteiger partial charge in [-0.2, -0.15) is 10.1 Å². The number of para-hydroxylation sites is 1. The average Bonchev–Trinajstić information content (AvgIpc) is 3.40. The lowest BCUT2D eigenvalue weighted by atomic mass is 9.97. The summed E-state index contributed by atoms with van der Waals surface area (Å²) in [4.78, 5) is 20.3. The second-order valence-electron chi connectivity index (χ2n) is 8.46. The third kappa shape index (κ3) is 4.18. The monoisotopic (exact) mass is 461 g/mol. The third-order valence-corrected chi connectivity index (χ3v) is 7.27. The van der Waals surface area contributed by atoms with Crippen molar-refractivity contribution in [1.29, 1.82) is 0 Å². The van der Waals surface area contributed by atoms with Crippen molar-refractivity contribution >= 4 is 38.4 Å². The van der Waals surface area contributed by atoms with Gasteiger partial charge >= 0.3 is 0 Å². The molecule has 0 aliphatic carbocycles. The summed E-state index contributed by atoms with van der Waals surface area (Å²) in [7, 11) is 1.62. The fourth-order valence-electron chi connectivity index (χ4n) is 4.33. The van der Waals surface area contributed by atoms with E-state index in [1.54, 1.807) is 18.4 Å². The van der Waals surface area contributed by atoms with Gasteiger partial charge in [-0.3, -0.25) is 4.79 Å². The van der Waals surface area contributed by atoms with Gasteiger partial charge in [0.1, 0.15) is 5.75 Å². The Labute approximate surface area is 197 Å². The van der Waals surface area contributed by atoms with Crippen LogP contribution in [0.1, 0.15) is 24.1 Å². The number of thiazole rings is 1. The Hall–Kier alpha value is -3.39. The summed E-state index contributed by atoms with van der Waals surface area (Å²) in [5.41, 5.74) is 4.63. The van der Waals surface area contributed by atoms with Crippen molar-refractivity contribution in [3.8, 4) is 11.4 Å². The zero-order chi connectivity index (χ0) is 22.9. The number of methoxy groups -OCH3 is 1. The third-order valence-electron chi connectivity index (χ3n) is 6.05. The molecule has 170 valence electrons. The average molecular weight is 462 g/mol. The van der Waals surface area contributed by atoms with Crippen LogP contribution in [0.15, 0.2) is 48.5 Å². The van der Waals surface area contributed by atoms with Crippen LogP contribution in [-0.2, 0) is 4.79 Å². The molecule has 33 heavy (non-hydrogen) atoms. The second kappa shape index (κ2) is 8.86. The number of nitrogens with one attached hydrogen (secondary N) is 1. The number of rotatable bonds is 5. The lowest BCUT2D eigenvalue weighted by molar-refractivity contribution is -0.120. The molecule has 1 saturated heterocycles. The van der Waals surface area contributed by atoms with Gasteiger partial charge in [0.05, 0.1) is 34.8 Å². The Morgan fingerprint density at radius 2 is 2.00 bits per heavy atom. The first-order valence-corrected chi connectivity index (χ1v) is 12.0. The van der Waals surface area contributed by atoms with Crippen molar-refractivity contribution in [2.75, 3.05) is 30.4 Å². The number of carbonyl (C=O) groups excluding carboxylic acids is 1. The molecule has 8 heteroatoms. The highest BCUT2D eigenvalue weighted by Crippen LogP contribution is 2.35. The molecule has 0 spiro atoms. The van der Waals surface area contributed by atoms with Gasteiger partial charge < -0.3 is 15.0 Å². The highest BCUT2D eigenvalue weighted by atomic mass is 32.1. The predicted molar refractivity (Wildman–Crippen MR) is 133 cm³/mol. The van der Waals surface area contributed by atoms with Crippen LogP contribution in [0.2, 0.25) is 0 Å². The van der Waals surface area contributed by atoms with Crippen LogP contribution in [0.3, 0.4) is 0 Å². The molecule has 3 heterocycles. The van der Waals surface area contributed by atoms with Crippen molar-refractivity contribution in [3.63, 3.8) is 0 Å². The van der Waals surface area contributed by atoms with Gasteiger partial charge in [-0.25, -0.2) is 4.68 Å². The molecule has 1 N–H and O–H groups in total. The summed E-state index contributed by atoms with van der Waals surface area (Å²) in [6.45, 7) is 5.56. The normalized spacial score (nSPS) is 16.2. The van der Waals surface area contributed by atoms with Gasteiger partial charge in [-0.1, -0.05) is 35.6 Å². The number of fused-ring (bicyclic) bond motifs is 1. The first kappa shape index (κ1) is 21.5. The summed E-state index contributed by atoms with van der Waals surface area (Å²) in [5.74, 6) is 0.591. The Bertz CT molecular complexity index is 1300. The van der Waals surface area contributed by atoms with E-state index < -0.39 is 0 Å². The van der Waals surface area contributed by atoms with E-state index in [0.29, 0.717) is 12.3 Å². The molecule has 5 rings (SSSR count). The van der Waals surface area contributed by atoms with Crippen LogP contribution in [0.25, 0.3) is 16.0 Å². The Kier molecular flexibility index (Phi) is 5.76. The van der Waals surface area contributed by atoms with Gasteiger partial charge in [-0.05, 0) is 56.5 Å². The molecule has 0 saturated carbocycles. The first-order valence-electron chi connectivity index (χ1n) is 11.2. The zero-order valence-electron chi connectivity index (χ0n) is 19.0. The number of anilines is 2. The van der Waals surface area contributed by atoms with Crippen molar-refractivity contribution in [2.24, 2.45) is 5.92 Å². The minimum atomic E-state index is -0.109. The summed E-state index contributed by atoms with van der Waals surface area (Å²) < 4.78 is 8.41. The largest absolute Gasteiger partial charge is 0.495 e. The second-order valence-corrected chi connectivity index (χ2v) is 9.44. The van der Waals surface area contributed by atoms with Crippen molar-refractivity contribution in [2.45, 2.75) is 26.7 Å². The zero-order valence-corrected chi connectivity index (χ0v) is 19.9. The molecule has 4 aromatic rings. The Morgan fingerprint density at radius 1 is 1.18 bits per heavy atom. The number of amides is 1. The number of aryl methyl sites for hydroxylation is 2. The lowest BCUT2D eigenvalue weighted by Gasteiger charge is -2.31. The van der Waals surface area contributed by atoms with Crippen LogP contribution < -0.4 is 15.0 Å². The SMILES string of the molecule is COc1ccc(C)cc1NC(=O)[C@H]1CCCN(c2nc3c(s2)c(C)nn3-c2ccccc2)C1. The molecule has 0 radical (unpaired) electrons. The Balaban J connectivity index is 1.37. The summed E-state index contributed by atoms with van der Waals surface area (Å²) in [6.07, 6.45) is 1.81. The highest BCUT2D eigenvalue weighted by molar-refractivity contribution is 7.22. The van der Waals surface area contributed by atoms with E-state index in [9.17, 15) is 4.79 Å². The minimum Gasteiger partial charge on any atom is -0.495 e. The van der Waals surface area contributed by atoms with E-state index >= 15 is 0 Å². The molecule has 1 amide bonds. The fourth-order valence-corrected chi connectivity index (χ4v) is 5.35. The lowest BCUT2D eigenvalue weighted by Crippen LogP contribution is -2.40. The van der Waals surface area contributed by atoms with Crippen molar-refractivity contribution in [3.05, 3.63) is 59.8 Å². The number of benzene rings is 2. The maximum Gasteiger partial charge on any atom is 0.229 e. The Morgan fingerprint density at radius 3 is 2.79 bits per heavy atom. The molecule has 7 nitrogen and oxygen atoms in total.